The second-order valence-corrected chi connectivity index (χ2v) is 8.74. The molecule has 174 valence electrons. The van der Waals surface area contributed by atoms with Crippen LogP contribution in [0.2, 0.25) is 0 Å². The number of ether oxygens (including phenoxy) is 6. The molecule has 3 fully saturated rings. The minimum absolute atomic E-state index is 0.120. The molecule has 0 amide bonds. The number of rotatable bonds is 8. The molecule has 3 aliphatic rings. The average Bonchev–Trinajstić information content (AvgIpc) is 3.45. The van der Waals surface area contributed by atoms with E-state index in [4.69, 9.17) is 28.4 Å². The molecule has 0 saturated carbocycles. The Balaban J connectivity index is 1.53. The Morgan fingerprint density at radius 2 is 1.68 bits per heavy atom. The first-order valence-electron chi connectivity index (χ1n) is 11.6. The third-order valence-electron chi connectivity index (χ3n) is 6.93. The van der Waals surface area contributed by atoms with E-state index in [0.29, 0.717) is 25.0 Å². The maximum absolute atomic E-state index is 14.4. The normalized spacial score (nSPS) is 33.7. The fraction of sp³-hybridized carbons (Fsp3) is 0.750. The van der Waals surface area contributed by atoms with Gasteiger partial charge in [0.1, 0.15) is 30.2 Å². The van der Waals surface area contributed by atoms with Crippen molar-refractivity contribution in [1.29, 1.82) is 0 Å². The minimum atomic E-state index is -0.680. The van der Waals surface area contributed by atoms with Gasteiger partial charge in [-0.1, -0.05) is 39.8 Å². The van der Waals surface area contributed by atoms with Crippen molar-refractivity contribution in [1.82, 2.24) is 0 Å². The van der Waals surface area contributed by atoms with Crippen molar-refractivity contribution in [2.75, 3.05) is 6.61 Å². The predicted octanol–water partition coefficient (Wildman–Crippen LogP) is 4.61. The molecule has 0 aliphatic carbocycles. The van der Waals surface area contributed by atoms with Crippen LogP contribution in [0.4, 0.5) is 4.39 Å². The fourth-order valence-electron chi connectivity index (χ4n) is 4.74. The van der Waals surface area contributed by atoms with Gasteiger partial charge in [0.05, 0.1) is 13.2 Å². The van der Waals surface area contributed by atoms with Crippen molar-refractivity contribution in [2.24, 2.45) is 0 Å². The Hall–Kier alpha value is -1.09. The summed E-state index contributed by atoms with van der Waals surface area (Å²) in [7, 11) is 0. The standard InChI is InChI=1S/C24H35FO6/c1-6-23(7-2)27-14-18(29-23)19-20(26-13-16-11-10-15(5)12-17(16)25)21-22(28-19)31-24(8-3,9-4)30-21/h10-12,18-22H,6-9,13-14H2,1-5H3/t18-,19-,20+,21-,22-/m1/s1. The quantitative estimate of drug-likeness (QED) is 0.591. The van der Waals surface area contributed by atoms with E-state index in [0.717, 1.165) is 18.4 Å². The molecular formula is C24H35FO6. The second kappa shape index (κ2) is 9.04. The average molecular weight is 439 g/mol. The van der Waals surface area contributed by atoms with Crippen molar-refractivity contribution in [3.05, 3.63) is 35.1 Å². The highest BCUT2D eigenvalue weighted by atomic mass is 19.1. The number of halogens is 1. The molecule has 0 bridgehead atoms. The summed E-state index contributed by atoms with van der Waals surface area (Å²) in [5.41, 5.74) is 1.38. The Labute approximate surface area is 184 Å². The molecule has 1 aromatic carbocycles. The van der Waals surface area contributed by atoms with Gasteiger partial charge < -0.3 is 28.4 Å². The van der Waals surface area contributed by atoms with E-state index >= 15 is 0 Å². The summed E-state index contributed by atoms with van der Waals surface area (Å²) in [6.07, 6.45) is 0.800. The lowest BCUT2D eigenvalue weighted by Gasteiger charge is -2.32. The van der Waals surface area contributed by atoms with Crippen LogP contribution in [0.5, 0.6) is 0 Å². The van der Waals surface area contributed by atoms with Gasteiger partial charge in [0, 0.05) is 5.56 Å². The minimum Gasteiger partial charge on any atom is -0.368 e. The lowest BCUT2D eigenvalue weighted by molar-refractivity contribution is -0.255. The number of hydrogen-bond donors (Lipinski definition) is 0. The molecule has 7 heteroatoms. The highest BCUT2D eigenvalue weighted by molar-refractivity contribution is 5.22. The topological polar surface area (TPSA) is 55.4 Å². The smallest absolute Gasteiger partial charge is 0.190 e. The van der Waals surface area contributed by atoms with Gasteiger partial charge in [-0.05, 0) is 44.2 Å². The van der Waals surface area contributed by atoms with Gasteiger partial charge in [-0.2, -0.15) is 0 Å². The monoisotopic (exact) mass is 438 g/mol. The first-order chi connectivity index (χ1) is 14.9. The Morgan fingerprint density at radius 3 is 2.29 bits per heavy atom. The molecule has 0 unspecified atom stereocenters. The first kappa shape index (κ1) is 23.1. The number of fused-ring (bicyclic) bond motifs is 1. The van der Waals surface area contributed by atoms with E-state index in [1.807, 2.05) is 40.7 Å². The number of hydrogen-bond acceptors (Lipinski definition) is 6. The Kier molecular flexibility index (Phi) is 6.73. The molecule has 0 spiro atoms. The van der Waals surface area contributed by atoms with E-state index in [1.165, 1.54) is 6.07 Å². The zero-order chi connectivity index (χ0) is 22.2. The van der Waals surface area contributed by atoms with Crippen LogP contribution >= 0.6 is 0 Å². The van der Waals surface area contributed by atoms with Crippen LogP contribution in [-0.2, 0) is 35.0 Å². The highest BCUT2D eigenvalue weighted by Crippen LogP contribution is 2.45. The summed E-state index contributed by atoms with van der Waals surface area (Å²) in [6.45, 7) is 10.6. The van der Waals surface area contributed by atoms with Crippen LogP contribution in [0.3, 0.4) is 0 Å². The summed E-state index contributed by atoms with van der Waals surface area (Å²) in [6, 6.07) is 5.16. The van der Waals surface area contributed by atoms with Crippen LogP contribution < -0.4 is 0 Å². The lowest BCUT2D eigenvalue weighted by atomic mass is 10.1. The van der Waals surface area contributed by atoms with Gasteiger partial charge >= 0.3 is 0 Å². The molecule has 0 radical (unpaired) electrons. The van der Waals surface area contributed by atoms with Gasteiger partial charge in [-0.15, -0.1) is 0 Å². The van der Waals surface area contributed by atoms with E-state index in [9.17, 15) is 4.39 Å². The maximum Gasteiger partial charge on any atom is 0.190 e. The molecule has 6 nitrogen and oxygen atoms in total. The predicted molar refractivity (Wildman–Crippen MR) is 112 cm³/mol. The zero-order valence-electron chi connectivity index (χ0n) is 19.2. The molecule has 1 aromatic rings. The fourth-order valence-corrected chi connectivity index (χ4v) is 4.74. The SMILES string of the molecule is CCC1(CC)O[C@H]2O[C@H]([C@H]3COC(CC)(CC)O3)[C@H](OCc3ccc(C)cc3F)[C@H]2O1. The van der Waals surface area contributed by atoms with Gasteiger partial charge in [0.25, 0.3) is 0 Å². The van der Waals surface area contributed by atoms with Crippen LogP contribution in [0, 0.1) is 12.7 Å². The highest BCUT2D eigenvalue weighted by Gasteiger charge is 2.60. The molecule has 3 saturated heterocycles. The Bertz CT molecular complexity index is 762. The van der Waals surface area contributed by atoms with E-state index < -0.39 is 36.2 Å². The molecule has 3 aliphatic heterocycles. The number of benzene rings is 1. The van der Waals surface area contributed by atoms with Crippen LogP contribution in [0.1, 0.15) is 64.5 Å². The van der Waals surface area contributed by atoms with Gasteiger partial charge in [0.15, 0.2) is 17.9 Å². The summed E-state index contributed by atoms with van der Waals surface area (Å²) < 4.78 is 51.8. The van der Waals surface area contributed by atoms with Gasteiger partial charge in [-0.25, -0.2) is 4.39 Å². The third kappa shape index (κ3) is 4.28. The van der Waals surface area contributed by atoms with Crippen molar-refractivity contribution in [3.63, 3.8) is 0 Å². The molecule has 5 atom stereocenters. The summed E-state index contributed by atoms with van der Waals surface area (Å²) in [4.78, 5) is 0. The molecule has 0 N–H and O–H groups in total. The summed E-state index contributed by atoms with van der Waals surface area (Å²) in [5, 5.41) is 0. The first-order valence-corrected chi connectivity index (χ1v) is 11.6. The molecular weight excluding hydrogens is 403 g/mol. The van der Waals surface area contributed by atoms with Gasteiger partial charge in [0.2, 0.25) is 0 Å². The van der Waals surface area contributed by atoms with Gasteiger partial charge in [-0.3, -0.25) is 0 Å². The maximum atomic E-state index is 14.4. The number of aryl methyl sites for hydroxylation is 1. The third-order valence-corrected chi connectivity index (χ3v) is 6.93. The molecule has 31 heavy (non-hydrogen) atoms. The van der Waals surface area contributed by atoms with E-state index in [-0.39, 0.29) is 18.5 Å². The van der Waals surface area contributed by atoms with E-state index in [2.05, 4.69) is 0 Å². The lowest BCUT2D eigenvalue weighted by Crippen LogP contribution is -2.45. The molecule has 0 aromatic heterocycles. The second-order valence-electron chi connectivity index (χ2n) is 8.74. The van der Waals surface area contributed by atoms with Crippen LogP contribution in [0.15, 0.2) is 18.2 Å². The molecule has 4 rings (SSSR count). The Morgan fingerprint density at radius 1 is 0.968 bits per heavy atom. The van der Waals surface area contributed by atoms with Crippen molar-refractivity contribution in [2.45, 2.75) is 109 Å². The zero-order valence-corrected chi connectivity index (χ0v) is 19.2. The van der Waals surface area contributed by atoms with E-state index in [1.54, 1.807) is 6.07 Å². The van der Waals surface area contributed by atoms with Crippen LogP contribution in [-0.4, -0.2) is 48.9 Å². The largest absolute Gasteiger partial charge is 0.368 e. The van der Waals surface area contributed by atoms with Crippen molar-refractivity contribution < 1.29 is 32.8 Å². The van der Waals surface area contributed by atoms with Crippen LogP contribution in [0.25, 0.3) is 0 Å². The molecule has 3 heterocycles. The summed E-state index contributed by atoms with van der Waals surface area (Å²) >= 11 is 0. The summed E-state index contributed by atoms with van der Waals surface area (Å²) in [5.74, 6) is -1.55. The van der Waals surface area contributed by atoms with Crippen molar-refractivity contribution in [3.8, 4) is 0 Å². The van der Waals surface area contributed by atoms with Crippen molar-refractivity contribution >= 4 is 0 Å².